The van der Waals surface area contributed by atoms with Crippen LogP contribution in [0.15, 0.2) is 25.1 Å². The minimum atomic E-state index is -1.49. The first-order valence-corrected chi connectivity index (χ1v) is 2.40. The monoisotopic (exact) mass is 163 g/mol. The summed E-state index contributed by atoms with van der Waals surface area (Å²) in [5, 5.41) is 10.00. The molecule has 0 rings (SSSR count). The molecule has 5 heteroatoms. The zero-order valence-corrected chi connectivity index (χ0v) is 8.24. The van der Waals surface area contributed by atoms with Crippen molar-refractivity contribution in [1.29, 1.82) is 0 Å². The molecule has 0 aliphatic rings. The van der Waals surface area contributed by atoms with Gasteiger partial charge < -0.3 is 9.90 Å². The molecular weight excluding hydrogens is 157 g/mol. The zero-order chi connectivity index (χ0) is 8.15. The average molecular weight is 163 g/mol. The quantitative estimate of drug-likeness (QED) is 0.240. The van der Waals surface area contributed by atoms with Crippen LogP contribution in [0.2, 0.25) is 0 Å². The van der Waals surface area contributed by atoms with Gasteiger partial charge in [-0.3, -0.25) is 9.69 Å². The van der Waals surface area contributed by atoms with E-state index in [0.29, 0.717) is 0 Å². The molecular formula is C6H6NNaO3. The van der Waals surface area contributed by atoms with Crippen molar-refractivity contribution < 1.29 is 44.3 Å². The third-order valence-electron chi connectivity index (χ3n) is 0.858. The first kappa shape index (κ1) is 13.0. The summed E-state index contributed by atoms with van der Waals surface area (Å²) in [5.74, 6) is -1.49. The van der Waals surface area contributed by atoms with Gasteiger partial charge >= 0.3 is 29.6 Å². The van der Waals surface area contributed by atoms with Gasteiger partial charge in [-0.2, -0.15) is 0 Å². The molecule has 11 heavy (non-hydrogen) atoms. The van der Waals surface area contributed by atoms with E-state index in [0.717, 1.165) is 11.1 Å². The summed E-state index contributed by atoms with van der Waals surface area (Å²) in [6.45, 7) is 6.24. The molecule has 0 saturated heterocycles. The Morgan fingerprint density at radius 2 is 2.00 bits per heavy atom. The van der Waals surface area contributed by atoms with Crippen LogP contribution in [-0.4, -0.2) is 17.3 Å². The molecule has 0 aliphatic carbocycles. The summed E-state index contributed by atoms with van der Waals surface area (Å²) >= 11 is 0. The van der Waals surface area contributed by atoms with Crippen LogP contribution in [0.1, 0.15) is 0 Å². The van der Waals surface area contributed by atoms with Crippen LogP contribution in [0.3, 0.4) is 0 Å². The Morgan fingerprint density at radius 1 is 1.55 bits per heavy atom. The zero-order valence-electron chi connectivity index (χ0n) is 6.24. The summed E-state index contributed by atoms with van der Waals surface area (Å²) < 4.78 is 0. The molecule has 54 valence electrons. The van der Waals surface area contributed by atoms with E-state index in [2.05, 4.69) is 13.2 Å². The molecule has 0 bridgehead atoms. The van der Waals surface area contributed by atoms with E-state index < -0.39 is 11.7 Å². The molecule has 0 aliphatic heterocycles. The summed E-state index contributed by atoms with van der Waals surface area (Å²) in [6, 6.07) is 0. The Kier molecular flexibility index (Phi) is 7.29. The minimum absolute atomic E-state index is 0. The number of amides is 1. The van der Waals surface area contributed by atoms with E-state index in [4.69, 9.17) is 0 Å². The van der Waals surface area contributed by atoms with E-state index in [1.807, 2.05) is 0 Å². The Labute approximate surface area is 86.5 Å². The number of rotatable bonds is 4. The molecule has 0 N–H and O–H groups in total. The van der Waals surface area contributed by atoms with Gasteiger partial charge in [-0.1, -0.05) is 13.2 Å². The van der Waals surface area contributed by atoms with Gasteiger partial charge in [-0.25, -0.2) is 0 Å². The third-order valence-corrected chi connectivity index (χ3v) is 0.858. The molecule has 4 nitrogen and oxygen atoms in total. The SMILES string of the molecule is C=CN(C=O)C(=C)C(=O)[O-].[Na+]. The van der Waals surface area contributed by atoms with Crippen molar-refractivity contribution in [3.05, 3.63) is 25.1 Å². The molecule has 1 amide bonds. The number of carboxylic acid groups (broad SMARTS) is 1. The smallest absolute Gasteiger partial charge is 0.543 e. The van der Waals surface area contributed by atoms with Gasteiger partial charge in [0.1, 0.15) is 0 Å². The van der Waals surface area contributed by atoms with Crippen LogP contribution in [0.5, 0.6) is 0 Å². The third kappa shape index (κ3) is 3.98. The van der Waals surface area contributed by atoms with Crippen LogP contribution in [-0.2, 0) is 9.59 Å². The topological polar surface area (TPSA) is 60.4 Å². The first-order valence-electron chi connectivity index (χ1n) is 2.40. The fourth-order valence-corrected chi connectivity index (χ4v) is 0.322. The van der Waals surface area contributed by atoms with Gasteiger partial charge in [0, 0.05) is 6.20 Å². The maximum absolute atomic E-state index is 10.00. The predicted octanol–water partition coefficient (Wildman–Crippen LogP) is -4.14. The number of carboxylic acids is 1. The van der Waals surface area contributed by atoms with Gasteiger partial charge in [0.05, 0.1) is 11.7 Å². The second-order valence-corrected chi connectivity index (χ2v) is 1.43. The normalized spacial score (nSPS) is 7.27. The molecule has 0 aromatic heterocycles. The van der Waals surface area contributed by atoms with E-state index in [1.54, 1.807) is 0 Å². The van der Waals surface area contributed by atoms with Crippen molar-refractivity contribution in [1.82, 2.24) is 4.90 Å². The van der Waals surface area contributed by atoms with Crippen molar-refractivity contribution in [2.75, 3.05) is 0 Å². The Balaban J connectivity index is 0. The summed E-state index contributed by atoms with van der Waals surface area (Å²) in [4.78, 5) is 20.7. The number of hydrogen-bond donors (Lipinski definition) is 0. The number of hydrogen-bond acceptors (Lipinski definition) is 3. The van der Waals surface area contributed by atoms with E-state index >= 15 is 0 Å². The molecule has 0 atom stereocenters. The summed E-state index contributed by atoms with van der Waals surface area (Å²) in [7, 11) is 0. The predicted molar refractivity (Wildman–Crippen MR) is 32.2 cm³/mol. The fourth-order valence-electron chi connectivity index (χ4n) is 0.322. The Hall–Kier alpha value is -0.580. The molecule has 0 spiro atoms. The molecule has 0 unspecified atom stereocenters. The minimum Gasteiger partial charge on any atom is -0.543 e. The van der Waals surface area contributed by atoms with Crippen molar-refractivity contribution in [2.45, 2.75) is 0 Å². The first-order chi connectivity index (χ1) is 4.63. The van der Waals surface area contributed by atoms with E-state index in [-0.39, 0.29) is 36.0 Å². The van der Waals surface area contributed by atoms with Gasteiger partial charge in [0.25, 0.3) is 0 Å². The number of nitrogens with zero attached hydrogens (tertiary/aromatic N) is 1. The van der Waals surface area contributed by atoms with Crippen molar-refractivity contribution in [3.63, 3.8) is 0 Å². The molecule has 0 saturated carbocycles. The van der Waals surface area contributed by atoms with E-state index in [9.17, 15) is 14.7 Å². The number of carbonyl (C=O) groups excluding carboxylic acids is 2. The van der Waals surface area contributed by atoms with Gasteiger partial charge in [-0.15, -0.1) is 0 Å². The van der Waals surface area contributed by atoms with Gasteiger partial charge in [-0.05, 0) is 0 Å². The van der Waals surface area contributed by atoms with Crippen LogP contribution in [0.4, 0.5) is 0 Å². The molecule has 0 aromatic carbocycles. The van der Waals surface area contributed by atoms with Crippen molar-refractivity contribution in [3.8, 4) is 0 Å². The van der Waals surface area contributed by atoms with Crippen LogP contribution >= 0.6 is 0 Å². The second kappa shape index (κ2) is 6.15. The number of carbonyl (C=O) groups is 2. The summed E-state index contributed by atoms with van der Waals surface area (Å²) in [6.07, 6.45) is 1.32. The molecule has 0 radical (unpaired) electrons. The maximum Gasteiger partial charge on any atom is 1.00 e. The fraction of sp³-hybridized carbons (Fsp3) is 0. The Bertz CT molecular complexity index is 182. The van der Waals surface area contributed by atoms with Gasteiger partial charge in [0.2, 0.25) is 6.41 Å². The maximum atomic E-state index is 10.00. The molecule has 0 fully saturated rings. The largest absolute Gasteiger partial charge is 1.00 e. The number of aliphatic carboxylic acids is 1. The summed E-state index contributed by atoms with van der Waals surface area (Å²) in [5.41, 5.74) is -0.426. The average Bonchev–Trinajstić information content (AvgIpc) is 1.90. The standard InChI is InChI=1S/C6H7NO3.Na/c1-3-7(4-8)5(2)6(9)10;/h3-4H,1-2H2,(H,9,10);/q;+1/p-1. The molecule has 0 aromatic rings. The van der Waals surface area contributed by atoms with E-state index in [1.165, 1.54) is 0 Å². The van der Waals surface area contributed by atoms with Gasteiger partial charge in [0.15, 0.2) is 0 Å². The van der Waals surface area contributed by atoms with Crippen LogP contribution in [0, 0.1) is 0 Å². The van der Waals surface area contributed by atoms with Crippen molar-refractivity contribution in [2.24, 2.45) is 0 Å². The second-order valence-electron chi connectivity index (χ2n) is 1.43. The Morgan fingerprint density at radius 3 is 2.09 bits per heavy atom. The molecule has 0 heterocycles. The van der Waals surface area contributed by atoms with Crippen LogP contribution in [0.25, 0.3) is 0 Å². The van der Waals surface area contributed by atoms with Crippen LogP contribution < -0.4 is 34.7 Å². The van der Waals surface area contributed by atoms with Crippen molar-refractivity contribution >= 4 is 12.4 Å².